The maximum atomic E-state index is 12.0. The molecule has 1 rings (SSSR count). The molecule has 0 unspecified atom stereocenters. The first-order valence-electron chi connectivity index (χ1n) is 7.69. The van der Waals surface area contributed by atoms with Crippen LogP contribution >= 0.6 is 0 Å². The van der Waals surface area contributed by atoms with Crippen LogP contribution in [0.5, 0.6) is 0 Å². The lowest BCUT2D eigenvalue weighted by atomic mass is 10.2. The highest BCUT2D eigenvalue weighted by Gasteiger charge is 2.29. The van der Waals surface area contributed by atoms with E-state index in [0.29, 0.717) is 13.0 Å². The molecule has 23 heavy (non-hydrogen) atoms. The van der Waals surface area contributed by atoms with E-state index in [0.717, 1.165) is 6.42 Å². The first-order chi connectivity index (χ1) is 10.6. The number of hydrogen-bond acceptors (Lipinski definition) is 6. The van der Waals surface area contributed by atoms with Gasteiger partial charge in [0.05, 0.1) is 13.2 Å². The van der Waals surface area contributed by atoms with Crippen LogP contribution < -0.4 is 5.32 Å². The zero-order chi connectivity index (χ0) is 17.6. The first-order valence-corrected chi connectivity index (χ1v) is 7.69. The summed E-state index contributed by atoms with van der Waals surface area (Å²) in [5.74, 6) is -0.578. The Morgan fingerprint density at radius 2 is 1.96 bits per heavy atom. The fraction of sp³-hybridized carbons (Fsp3) is 0.688. The molecule has 0 saturated carbocycles. The molecule has 0 aromatic heterocycles. The normalized spacial score (nSPS) is 19.5. The maximum Gasteiger partial charge on any atom is 0.408 e. The predicted molar refractivity (Wildman–Crippen MR) is 84.7 cm³/mol. The molecule has 7 heteroatoms. The Hall–Kier alpha value is -2.05. The third-order valence-electron chi connectivity index (χ3n) is 3.36. The summed E-state index contributed by atoms with van der Waals surface area (Å²) in [5.41, 5.74) is -0.619. The second kappa shape index (κ2) is 7.99. The summed E-state index contributed by atoms with van der Waals surface area (Å²) in [6.07, 6.45) is 3.88. The highest BCUT2D eigenvalue weighted by Crippen LogP contribution is 2.18. The molecule has 1 fully saturated rings. The molecule has 1 heterocycles. The molecule has 7 nitrogen and oxygen atoms in total. The number of carbonyl (C=O) groups is 3. The van der Waals surface area contributed by atoms with Gasteiger partial charge in [0.15, 0.2) is 5.78 Å². The SMILES string of the molecule is COC(=O)[C@@H]1CCCN1/C=C/C(=O)[C@H](C)NC(=O)OC(C)(C)C. The minimum absolute atomic E-state index is 0.272. The predicted octanol–water partition coefficient (Wildman–Crippen LogP) is 1.62. The summed E-state index contributed by atoms with van der Waals surface area (Å²) in [7, 11) is 1.35. The van der Waals surface area contributed by atoms with E-state index in [1.807, 2.05) is 0 Å². The number of nitrogens with zero attached hydrogens (tertiary/aromatic N) is 1. The quantitative estimate of drug-likeness (QED) is 0.610. The van der Waals surface area contributed by atoms with Crippen molar-refractivity contribution < 1.29 is 23.9 Å². The number of hydrogen-bond donors (Lipinski definition) is 1. The average molecular weight is 326 g/mol. The van der Waals surface area contributed by atoms with Gasteiger partial charge in [-0.25, -0.2) is 9.59 Å². The zero-order valence-corrected chi connectivity index (χ0v) is 14.4. The Balaban J connectivity index is 2.54. The van der Waals surface area contributed by atoms with Gasteiger partial charge in [-0.15, -0.1) is 0 Å². The number of likely N-dealkylation sites (tertiary alicyclic amines) is 1. The third kappa shape index (κ3) is 6.30. The van der Waals surface area contributed by atoms with Gasteiger partial charge in [-0.3, -0.25) is 4.79 Å². The van der Waals surface area contributed by atoms with Crippen molar-refractivity contribution in [2.24, 2.45) is 0 Å². The van der Waals surface area contributed by atoms with Crippen molar-refractivity contribution in [2.75, 3.05) is 13.7 Å². The summed E-state index contributed by atoms with van der Waals surface area (Å²) >= 11 is 0. The fourth-order valence-electron chi connectivity index (χ4n) is 2.23. The molecule has 1 N–H and O–H groups in total. The van der Waals surface area contributed by atoms with Crippen molar-refractivity contribution in [3.05, 3.63) is 12.3 Å². The van der Waals surface area contributed by atoms with E-state index in [4.69, 9.17) is 9.47 Å². The largest absolute Gasteiger partial charge is 0.467 e. The molecule has 130 valence electrons. The van der Waals surface area contributed by atoms with E-state index in [-0.39, 0.29) is 17.8 Å². The van der Waals surface area contributed by atoms with Crippen molar-refractivity contribution in [3.8, 4) is 0 Å². The van der Waals surface area contributed by atoms with Crippen molar-refractivity contribution >= 4 is 17.8 Å². The highest BCUT2D eigenvalue weighted by molar-refractivity contribution is 5.95. The van der Waals surface area contributed by atoms with Crippen LogP contribution in [0, 0.1) is 0 Å². The molecular weight excluding hydrogens is 300 g/mol. The lowest BCUT2D eigenvalue weighted by Crippen LogP contribution is -2.41. The lowest BCUT2D eigenvalue weighted by molar-refractivity contribution is -0.145. The van der Waals surface area contributed by atoms with E-state index in [9.17, 15) is 14.4 Å². The molecule has 1 aliphatic rings. The Labute approximate surface area is 137 Å². The smallest absolute Gasteiger partial charge is 0.408 e. The monoisotopic (exact) mass is 326 g/mol. The van der Waals surface area contributed by atoms with Gasteiger partial charge in [0.2, 0.25) is 0 Å². The van der Waals surface area contributed by atoms with Crippen LogP contribution in [0.1, 0.15) is 40.5 Å². The third-order valence-corrected chi connectivity index (χ3v) is 3.36. The number of amides is 1. The fourth-order valence-corrected chi connectivity index (χ4v) is 2.23. The molecule has 0 spiro atoms. The van der Waals surface area contributed by atoms with Gasteiger partial charge in [0.25, 0.3) is 0 Å². The molecule has 2 atom stereocenters. The molecule has 0 aliphatic carbocycles. The summed E-state index contributed by atoms with van der Waals surface area (Å²) in [5, 5.41) is 2.48. The van der Waals surface area contributed by atoms with E-state index >= 15 is 0 Å². The number of carbonyl (C=O) groups excluding carboxylic acids is 3. The molecule has 0 aromatic rings. The number of ketones is 1. The van der Waals surface area contributed by atoms with Crippen molar-refractivity contribution in [3.63, 3.8) is 0 Å². The zero-order valence-electron chi connectivity index (χ0n) is 14.4. The minimum atomic E-state index is -0.708. The minimum Gasteiger partial charge on any atom is -0.467 e. The Kier molecular flexibility index (Phi) is 6.60. The number of methoxy groups -OCH3 is 1. The maximum absolute atomic E-state index is 12.0. The molecule has 1 saturated heterocycles. The summed E-state index contributed by atoms with van der Waals surface area (Å²) in [6.45, 7) is 7.52. The van der Waals surface area contributed by atoms with Crippen LogP contribution in [-0.4, -0.2) is 54.1 Å². The Morgan fingerprint density at radius 3 is 2.52 bits per heavy atom. The van der Waals surface area contributed by atoms with Gasteiger partial charge < -0.3 is 19.7 Å². The number of esters is 1. The standard InChI is InChI=1S/C16H26N2O5/c1-11(17-15(21)23-16(2,3)4)13(19)8-10-18-9-6-7-12(18)14(20)22-5/h8,10-12H,6-7,9H2,1-5H3,(H,17,21)/b10-8+/t11-,12-/m0/s1. The number of nitrogens with one attached hydrogen (secondary N) is 1. The number of ether oxygens (including phenoxy) is 2. The summed E-state index contributed by atoms with van der Waals surface area (Å²) in [6, 6.07) is -1.06. The van der Waals surface area contributed by atoms with Crippen molar-refractivity contribution in [2.45, 2.75) is 58.2 Å². The van der Waals surface area contributed by atoms with E-state index < -0.39 is 17.7 Å². The Bertz CT molecular complexity index is 481. The van der Waals surface area contributed by atoms with Gasteiger partial charge in [0, 0.05) is 12.7 Å². The van der Waals surface area contributed by atoms with Crippen LogP contribution in [0.2, 0.25) is 0 Å². The lowest BCUT2D eigenvalue weighted by Gasteiger charge is -2.22. The number of rotatable bonds is 5. The molecule has 0 aromatic carbocycles. The van der Waals surface area contributed by atoms with Crippen LogP contribution in [-0.2, 0) is 19.1 Å². The van der Waals surface area contributed by atoms with Crippen LogP contribution in [0.4, 0.5) is 4.79 Å². The second-order valence-corrected chi connectivity index (χ2v) is 6.51. The molecule has 1 aliphatic heterocycles. The molecule has 0 bridgehead atoms. The summed E-state index contributed by atoms with van der Waals surface area (Å²) < 4.78 is 9.85. The molecule has 1 amide bonds. The number of alkyl carbamates (subject to hydrolysis) is 1. The first kappa shape index (κ1) is 19.0. The highest BCUT2D eigenvalue weighted by atomic mass is 16.6. The molecular formula is C16H26N2O5. The van der Waals surface area contributed by atoms with Crippen molar-refractivity contribution in [1.29, 1.82) is 0 Å². The average Bonchev–Trinajstić information content (AvgIpc) is 2.89. The van der Waals surface area contributed by atoms with E-state index in [1.54, 1.807) is 38.8 Å². The van der Waals surface area contributed by atoms with Gasteiger partial charge >= 0.3 is 12.1 Å². The topological polar surface area (TPSA) is 84.9 Å². The van der Waals surface area contributed by atoms with Gasteiger partial charge in [-0.05, 0) is 46.6 Å². The Morgan fingerprint density at radius 1 is 1.30 bits per heavy atom. The van der Waals surface area contributed by atoms with Crippen LogP contribution in [0.15, 0.2) is 12.3 Å². The van der Waals surface area contributed by atoms with E-state index in [2.05, 4.69) is 5.32 Å². The summed E-state index contributed by atoms with van der Waals surface area (Å²) in [4.78, 5) is 37.1. The second-order valence-electron chi connectivity index (χ2n) is 6.51. The van der Waals surface area contributed by atoms with Gasteiger partial charge in [-0.1, -0.05) is 0 Å². The molecule has 0 radical (unpaired) electrons. The van der Waals surface area contributed by atoms with Crippen LogP contribution in [0.3, 0.4) is 0 Å². The van der Waals surface area contributed by atoms with Gasteiger partial charge in [0.1, 0.15) is 11.6 Å². The van der Waals surface area contributed by atoms with E-state index in [1.165, 1.54) is 13.2 Å². The van der Waals surface area contributed by atoms with Crippen LogP contribution in [0.25, 0.3) is 0 Å². The van der Waals surface area contributed by atoms with Crippen molar-refractivity contribution in [1.82, 2.24) is 10.2 Å². The van der Waals surface area contributed by atoms with Gasteiger partial charge in [-0.2, -0.15) is 0 Å².